The van der Waals surface area contributed by atoms with Crippen LogP contribution < -0.4 is 10.2 Å². The fourth-order valence-electron chi connectivity index (χ4n) is 2.46. The highest BCUT2D eigenvalue weighted by Gasteiger charge is 2.25. The van der Waals surface area contributed by atoms with Gasteiger partial charge in [-0.1, -0.05) is 30.3 Å². The zero-order valence-electron chi connectivity index (χ0n) is 11.1. The first kappa shape index (κ1) is 12.8. The number of hydrogen-bond acceptors (Lipinski definition) is 1. The number of carbonyl (C=O) groups is 1. The second kappa shape index (κ2) is 5.83. The topological polar surface area (TPSA) is 33.5 Å². The van der Waals surface area contributed by atoms with Gasteiger partial charge in [0.15, 0.2) is 6.04 Å². The Labute approximate surface area is 108 Å². The van der Waals surface area contributed by atoms with E-state index in [-0.39, 0.29) is 11.9 Å². The lowest BCUT2D eigenvalue weighted by atomic mass is 9.99. The average molecular weight is 245 g/mol. The van der Waals surface area contributed by atoms with Crippen LogP contribution in [-0.4, -0.2) is 32.1 Å². The highest BCUT2D eigenvalue weighted by Crippen LogP contribution is 2.17. The Kier molecular flexibility index (Phi) is 4.15. The minimum absolute atomic E-state index is 0.0311. The van der Waals surface area contributed by atoms with Crippen molar-refractivity contribution in [2.45, 2.75) is 19.4 Å². The predicted octanol–water partition coefficient (Wildman–Crippen LogP) is 0.493. The van der Waals surface area contributed by atoms with Gasteiger partial charge in [0, 0.05) is 13.5 Å². The van der Waals surface area contributed by atoms with Crippen LogP contribution in [0.1, 0.15) is 18.9 Å². The molecule has 2 rings (SSSR count). The summed E-state index contributed by atoms with van der Waals surface area (Å²) in [5.41, 5.74) is 2.72. The summed E-state index contributed by atoms with van der Waals surface area (Å²) in [4.78, 5) is 13.0. The van der Waals surface area contributed by atoms with Crippen molar-refractivity contribution >= 4 is 11.5 Å². The molecule has 0 spiro atoms. The van der Waals surface area contributed by atoms with E-state index in [1.807, 2.05) is 13.0 Å². The van der Waals surface area contributed by atoms with E-state index in [4.69, 9.17) is 0 Å². The molecule has 1 amide bonds. The van der Waals surface area contributed by atoms with Crippen LogP contribution in [0.4, 0.5) is 0 Å². The Balaban J connectivity index is 2.02. The van der Waals surface area contributed by atoms with E-state index in [2.05, 4.69) is 35.7 Å². The highest BCUT2D eigenvalue weighted by atomic mass is 16.2. The van der Waals surface area contributed by atoms with Crippen LogP contribution in [0, 0.1) is 0 Å². The number of carbonyl (C=O) groups excluding carboxylic acids is 1. The zero-order chi connectivity index (χ0) is 13.0. The van der Waals surface area contributed by atoms with Gasteiger partial charge in [-0.3, -0.25) is 4.79 Å². The molecule has 2 N–H and O–H groups in total. The van der Waals surface area contributed by atoms with Gasteiger partial charge < -0.3 is 10.2 Å². The molecule has 1 aromatic carbocycles. The Bertz CT molecular complexity index is 439. The van der Waals surface area contributed by atoms with Crippen molar-refractivity contribution in [3.05, 3.63) is 42.0 Å². The normalized spacial score (nSPS) is 21.0. The van der Waals surface area contributed by atoms with Gasteiger partial charge in [-0.15, -0.1) is 0 Å². The molecule has 3 heteroatoms. The Morgan fingerprint density at radius 1 is 1.33 bits per heavy atom. The first-order chi connectivity index (χ1) is 8.72. The number of rotatable bonds is 3. The molecule has 0 radical (unpaired) electrons. The average Bonchev–Trinajstić information content (AvgIpc) is 2.47. The fraction of sp³-hybridized carbons (Fsp3) is 0.400. The van der Waals surface area contributed by atoms with Crippen LogP contribution >= 0.6 is 0 Å². The summed E-state index contributed by atoms with van der Waals surface area (Å²) in [6.45, 7) is 3.95. The summed E-state index contributed by atoms with van der Waals surface area (Å²) in [5, 5.41) is 2.72. The molecule has 96 valence electrons. The molecule has 0 aromatic heterocycles. The van der Waals surface area contributed by atoms with E-state index < -0.39 is 0 Å². The highest BCUT2D eigenvalue weighted by molar-refractivity contribution is 5.79. The van der Waals surface area contributed by atoms with Crippen LogP contribution in [0.2, 0.25) is 0 Å². The summed E-state index contributed by atoms with van der Waals surface area (Å²) in [6.07, 6.45) is 3.31. The molecule has 1 aliphatic rings. The number of quaternary nitrogens is 1. The summed E-state index contributed by atoms with van der Waals surface area (Å²) in [5.74, 6) is 0.126. The Morgan fingerprint density at radius 3 is 2.61 bits per heavy atom. The van der Waals surface area contributed by atoms with Crippen LogP contribution in [-0.2, 0) is 4.79 Å². The lowest BCUT2D eigenvalue weighted by Crippen LogP contribution is -3.17. The van der Waals surface area contributed by atoms with E-state index in [0.29, 0.717) is 0 Å². The predicted molar refractivity (Wildman–Crippen MR) is 73.3 cm³/mol. The molecule has 2 atom stereocenters. The monoisotopic (exact) mass is 245 g/mol. The molecule has 0 bridgehead atoms. The van der Waals surface area contributed by atoms with Crippen molar-refractivity contribution in [2.24, 2.45) is 0 Å². The van der Waals surface area contributed by atoms with Crippen molar-refractivity contribution in [3.8, 4) is 0 Å². The second-order valence-corrected chi connectivity index (χ2v) is 4.79. The quantitative estimate of drug-likeness (QED) is 0.798. The molecule has 1 aromatic rings. The molecule has 0 fully saturated rings. The van der Waals surface area contributed by atoms with Gasteiger partial charge in [-0.05, 0) is 24.1 Å². The molecule has 0 saturated heterocycles. The molecule has 0 aliphatic carbocycles. The summed E-state index contributed by atoms with van der Waals surface area (Å²) < 4.78 is 0. The molecule has 3 nitrogen and oxygen atoms in total. The Hall–Kier alpha value is -1.61. The SMILES string of the molecule is CNC(=O)[C@H](C)[NH+]1CC=C(c2ccccc2)CC1. The molecule has 18 heavy (non-hydrogen) atoms. The first-order valence-electron chi connectivity index (χ1n) is 6.53. The molecule has 1 heterocycles. The molecular weight excluding hydrogens is 224 g/mol. The number of likely N-dealkylation sites (N-methyl/N-ethyl adjacent to an activating group) is 1. The van der Waals surface area contributed by atoms with E-state index in [0.717, 1.165) is 19.5 Å². The van der Waals surface area contributed by atoms with E-state index in [1.165, 1.54) is 16.0 Å². The van der Waals surface area contributed by atoms with Gasteiger partial charge >= 0.3 is 0 Å². The molecule has 0 saturated carbocycles. The van der Waals surface area contributed by atoms with Crippen LogP contribution in [0.5, 0.6) is 0 Å². The van der Waals surface area contributed by atoms with Gasteiger partial charge in [-0.25, -0.2) is 0 Å². The standard InChI is InChI=1S/C15H20N2O/c1-12(15(18)16-2)17-10-8-14(9-11-17)13-6-4-3-5-7-13/h3-8,12H,9-11H2,1-2H3,(H,16,18)/p+1/t12-/m0/s1. The van der Waals surface area contributed by atoms with Gasteiger partial charge in [0.2, 0.25) is 0 Å². The van der Waals surface area contributed by atoms with Crippen LogP contribution in [0.25, 0.3) is 5.57 Å². The molecule has 1 aliphatic heterocycles. The Morgan fingerprint density at radius 2 is 2.06 bits per heavy atom. The first-order valence-corrected chi connectivity index (χ1v) is 6.53. The van der Waals surface area contributed by atoms with Gasteiger partial charge in [0.25, 0.3) is 5.91 Å². The van der Waals surface area contributed by atoms with Crippen LogP contribution in [0.15, 0.2) is 36.4 Å². The summed E-state index contributed by atoms with van der Waals surface area (Å²) in [7, 11) is 1.70. The third-order valence-corrected chi connectivity index (χ3v) is 3.72. The fourth-order valence-corrected chi connectivity index (χ4v) is 2.46. The minimum Gasteiger partial charge on any atom is -0.354 e. The lowest BCUT2D eigenvalue weighted by molar-refractivity contribution is -0.909. The third kappa shape index (κ3) is 2.79. The zero-order valence-corrected chi connectivity index (χ0v) is 11.1. The number of benzene rings is 1. The smallest absolute Gasteiger partial charge is 0.277 e. The van der Waals surface area contributed by atoms with E-state index >= 15 is 0 Å². The molecule has 1 unspecified atom stereocenters. The van der Waals surface area contributed by atoms with Crippen LogP contribution in [0.3, 0.4) is 0 Å². The molecular formula is C15H21N2O+. The van der Waals surface area contributed by atoms with Gasteiger partial charge in [0.1, 0.15) is 0 Å². The van der Waals surface area contributed by atoms with Crippen molar-refractivity contribution in [1.29, 1.82) is 0 Å². The number of amides is 1. The van der Waals surface area contributed by atoms with Crippen molar-refractivity contribution in [1.82, 2.24) is 5.32 Å². The lowest BCUT2D eigenvalue weighted by Gasteiger charge is -2.27. The maximum atomic E-state index is 11.6. The number of nitrogens with one attached hydrogen (secondary N) is 2. The minimum atomic E-state index is 0.0311. The van der Waals surface area contributed by atoms with Crippen molar-refractivity contribution < 1.29 is 9.69 Å². The van der Waals surface area contributed by atoms with E-state index in [9.17, 15) is 4.79 Å². The van der Waals surface area contributed by atoms with Gasteiger partial charge in [0.05, 0.1) is 13.1 Å². The summed E-state index contributed by atoms with van der Waals surface area (Å²) >= 11 is 0. The van der Waals surface area contributed by atoms with Crippen molar-refractivity contribution in [3.63, 3.8) is 0 Å². The maximum Gasteiger partial charge on any atom is 0.277 e. The third-order valence-electron chi connectivity index (χ3n) is 3.72. The second-order valence-electron chi connectivity index (χ2n) is 4.79. The van der Waals surface area contributed by atoms with E-state index in [1.54, 1.807) is 7.05 Å². The largest absolute Gasteiger partial charge is 0.354 e. The van der Waals surface area contributed by atoms with Gasteiger partial charge in [-0.2, -0.15) is 0 Å². The maximum absolute atomic E-state index is 11.6. The van der Waals surface area contributed by atoms with Crippen molar-refractivity contribution in [2.75, 3.05) is 20.1 Å². The summed E-state index contributed by atoms with van der Waals surface area (Å²) in [6, 6.07) is 10.5. The number of hydrogen-bond donors (Lipinski definition) is 2.